The molecule has 118 valence electrons. The molecule has 1 amide bonds. The zero-order valence-corrected chi connectivity index (χ0v) is 13.3. The van der Waals surface area contributed by atoms with E-state index in [1.165, 1.54) is 6.20 Å². The summed E-state index contributed by atoms with van der Waals surface area (Å²) in [6, 6.07) is 7.38. The summed E-state index contributed by atoms with van der Waals surface area (Å²) < 4.78 is 6.07. The minimum Gasteiger partial charge on any atom is -0.473 e. The summed E-state index contributed by atoms with van der Waals surface area (Å²) in [7, 11) is 0. The summed E-state index contributed by atoms with van der Waals surface area (Å²) >= 11 is 1.90. The van der Waals surface area contributed by atoms with Crippen molar-refractivity contribution in [3.63, 3.8) is 0 Å². The van der Waals surface area contributed by atoms with Crippen molar-refractivity contribution in [3.05, 3.63) is 48.4 Å². The highest BCUT2D eigenvalue weighted by Gasteiger charge is 2.51. The van der Waals surface area contributed by atoms with E-state index in [0.29, 0.717) is 11.4 Å². The van der Waals surface area contributed by atoms with Gasteiger partial charge in [0.05, 0.1) is 22.7 Å². The fraction of sp³-hybridized carbons (Fsp3) is 0.375. The number of aromatic nitrogens is 3. The summed E-state index contributed by atoms with van der Waals surface area (Å²) in [5.41, 5.74) is 0.596. The lowest BCUT2D eigenvalue weighted by atomic mass is 9.92. The molecule has 0 radical (unpaired) electrons. The molecule has 0 aliphatic carbocycles. The van der Waals surface area contributed by atoms with Crippen molar-refractivity contribution in [2.24, 2.45) is 0 Å². The number of amides is 1. The van der Waals surface area contributed by atoms with Crippen molar-refractivity contribution in [2.75, 3.05) is 18.8 Å². The second kappa shape index (κ2) is 5.81. The molecule has 1 atom stereocenters. The van der Waals surface area contributed by atoms with E-state index in [0.717, 1.165) is 25.3 Å². The number of pyridine rings is 1. The maximum Gasteiger partial charge on any atom is 0.255 e. The van der Waals surface area contributed by atoms with Gasteiger partial charge < -0.3 is 9.64 Å². The first-order valence-corrected chi connectivity index (χ1v) is 8.50. The lowest BCUT2D eigenvalue weighted by Crippen LogP contribution is -2.60. The number of hydrogen-bond donors (Lipinski definition) is 0. The number of nitrogens with zero attached hydrogens (tertiary/aromatic N) is 4. The standard InChI is InChI=1S/C16H16N4O2S/c21-15(12-4-6-18-19-8-12)20-10-16(11-20)7-13(9-23-16)22-14-3-1-2-5-17-14/h1-6,8,13H,7,9-11H2/t13-/m0/s1. The minimum atomic E-state index is 0.0280. The second-order valence-corrected chi connectivity index (χ2v) is 7.39. The van der Waals surface area contributed by atoms with Crippen LogP contribution in [0, 0.1) is 0 Å². The van der Waals surface area contributed by atoms with Gasteiger partial charge >= 0.3 is 0 Å². The molecule has 2 saturated heterocycles. The smallest absolute Gasteiger partial charge is 0.255 e. The van der Waals surface area contributed by atoms with Crippen molar-refractivity contribution in [3.8, 4) is 5.88 Å². The third-order valence-corrected chi connectivity index (χ3v) is 5.75. The average molecular weight is 328 g/mol. The molecule has 2 fully saturated rings. The van der Waals surface area contributed by atoms with Crippen LogP contribution in [0.3, 0.4) is 0 Å². The average Bonchev–Trinajstić information content (AvgIpc) is 2.99. The monoisotopic (exact) mass is 328 g/mol. The van der Waals surface area contributed by atoms with E-state index in [1.54, 1.807) is 18.5 Å². The van der Waals surface area contributed by atoms with Gasteiger partial charge in [0.15, 0.2) is 0 Å². The van der Waals surface area contributed by atoms with Gasteiger partial charge in [-0.25, -0.2) is 4.98 Å². The van der Waals surface area contributed by atoms with E-state index in [2.05, 4.69) is 15.2 Å². The maximum atomic E-state index is 12.3. The van der Waals surface area contributed by atoms with Gasteiger partial charge in [-0.05, 0) is 12.1 Å². The van der Waals surface area contributed by atoms with Crippen LogP contribution in [0.15, 0.2) is 42.9 Å². The van der Waals surface area contributed by atoms with Crippen LogP contribution < -0.4 is 4.74 Å². The zero-order chi connectivity index (χ0) is 15.7. The Morgan fingerprint density at radius 2 is 2.17 bits per heavy atom. The van der Waals surface area contributed by atoms with Gasteiger partial charge in [0.25, 0.3) is 5.91 Å². The molecule has 0 bridgehead atoms. The first-order chi connectivity index (χ1) is 11.2. The van der Waals surface area contributed by atoms with Crippen molar-refractivity contribution < 1.29 is 9.53 Å². The molecule has 0 N–H and O–H groups in total. The molecule has 0 unspecified atom stereocenters. The Balaban J connectivity index is 1.34. The lowest BCUT2D eigenvalue weighted by Gasteiger charge is -2.47. The number of rotatable bonds is 3. The summed E-state index contributed by atoms with van der Waals surface area (Å²) in [5, 5.41) is 7.47. The Kier molecular flexibility index (Phi) is 3.65. The van der Waals surface area contributed by atoms with Crippen LogP contribution >= 0.6 is 11.8 Å². The highest BCUT2D eigenvalue weighted by Crippen LogP contribution is 2.46. The van der Waals surface area contributed by atoms with Crippen LogP contribution in [0.5, 0.6) is 5.88 Å². The number of ether oxygens (including phenoxy) is 1. The van der Waals surface area contributed by atoms with Gasteiger partial charge in [-0.3, -0.25) is 4.79 Å². The quantitative estimate of drug-likeness (QED) is 0.853. The first-order valence-electron chi connectivity index (χ1n) is 7.52. The fourth-order valence-electron chi connectivity index (χ4n) is 3.08. The van der Waals surface area contributed by atoms with Crippen molar-refractivity contribution in [1.29, 1.82) is 0 Å². The number of likely N-dealkylation sites (tertiary alicyclic amines) is 1. The van der Waals surface area contributed by atoms with Gasteiger partial charge in [-0.2, -0.15) is 10.2 Å². The number of thioether (sulfide) groups is 1. The van der Waals surface area contributed by atoms with Crippen LogP contribution in [0.1, 0.15) is 16.8 Å². The van der Waals surface area contributed by atoms with Gasteiger partial charge in [-0.1, -0.05) is 6.07 Å². The summed E-state index contributed by atoms with van der Waals surface area (Å²) in [5.74, 6) is 1.64. The Morgan fingerprint density at radius 3 is 2.91 bits per heavy atom. The summed E-state index contributed by atoms with van der Waals surface area (Å²) in [6.07, 6.45) is 5.91. The molecule has 1 spiro atoms. The summed E-state index contributed by atoms with van der Waals surface area (Å²) in [6.45, 7) is 1.53. The molecule has 2 aliphatic heterocycles. The van der Waals surface area contributed by atoms with Crippen molar-refractivity contribution >= 4 is 17.7 Å². The van der Waals surface area contributed by atoms with Crippen LogP contribution in [-0.4, -0.2) is 55.7 Å². The molecule has 0 saturated carbocycles. The molecule has 2 aromatic rings. The highest BCUT2D eigenvalue weighted by molar-refractivity contribution is 8.01. The van der Waals surface area contributed by atoms with Gasteiger partial charge in [0, 0.05) is 37.5 Å². The molecular formula is C16H16N4O2S. The van der Waals surface area contributed by atoms with Crippen molar-refractivity contribution in [2.45, 2.75) is 17.3 Å². The van der Waals surface area contributed by atoms with Gasteiger partial charge in [-0.15, -0.1) is 11.8 Å². The molecular weight excluding hydrogens is 312 g/mol. The molecule has 4 heterocycles. The van der Waals surface area contributed by atoms with Crippen LogP contribution in [0.25, 0.3) is 0 Å². The molecule has 2 aliphatic rings. The van der Waals surface area contributed by atoms with Crippen molar-refractivity contribution in [1.82, 2.24) is 20.1 Å². The number of carbonyl (C=O) groups excluding carboxylic acids is 1. The molecule has 23 heavy (non-hydrogen) atoms. The Hall–Kier alpha value is -2.15. The molecule has 2 aromatic heterocycles. The lowest BCUT2D eigenvalue weighted by molar-refractivity contribution is 0.0515. The topological polar surface area (TPSA) is 68.2 Å². The van der Waals surface area contributed by atoms with Gasteiger partial charge in [0.2, 0.25) is 5.88 Å². The Labute approximate surface area is 138 Å². The third kappa shape index (κ3) is 2.88. The van der Waals surface area contributed by atoms with Crippen LogP contribution in [0.4, 0.5) is 0 Å². The van der Waals surface area contributed by atoms with Crippen LogP contribution in [0.2, 0.25) is 0 Å². The van der Waals surface area contributed by atoms with E-state index in [9.17, 15) is 4.79 Å². The number of hydrogen-bond acceptors (Lipinski definition) is 6. The second-order valence-electron chi connectivity index (χ2n) is 5.90. The predicted octanol–water partition coefficient (Wildman–Crippen LogP) is 1.65. The minimum absolute atomic E-state index is 0.0280. The molecule has 0 aromatic carbocycles. The highest BCUT2D eigenvalue weighted by atomic mass is 32.2. The summed E-state index contributed by atoms with van der Waals surface area (Å²) in [4.78, 5) is 18.4. The SMILES string of the molecule is O=C(c1ccnnc1)N1CC2(C[C@H](Oc3ccccn3)CS2)C1. The van der Waals surface area contributed by atoms with E-state index in [4.69, 9.17) is 4.74 Å². The predicted molar refractivity (Wildman–Crippen MR) is 86.4 cm³/mol. The largest absolute Gasteiger partial charge is 0.473 e. The van der Waals surface area contributed by atoms with E-state index in [-0.39, 0.29) is 16.8 Å². The first kappa shape index (κ1) is 14.4. The maximum absolute atomic E-state index is 12.3. The fourth-order valence-corrected chi connectivity index (χ4v) is 4.60. The molecule has 6 nitrogen and oxygen atoms in total. The zero-order valence-electron chi connectivity index (χ0n) is 12.5. The Morgan fingerprint density at radius 1 is 1.26 bits per heavy atom. The third-order valence-electron chi connectivity index (χ3n) is 4.18. The van der Waals surface area contributed by atoms with Gasteiger partial charge in [0.1, 0.15) is 6.10 Å². The molecule has 4 rings (SSSR count). The van der Waals surface area contributed by atoms with E-state index >= 15 is 0 Å². The normalized spacial score (nSPS) is 21.9. The van der Waals surface area contributed by atoms with Crippen LogP contribution in [-0.2, 0) is 0 Å². The number of carbonyl (C=O) groups is 1. The molecule has 7 heteroatoms. The van der Waals surface area contributed by atoms with E-state index in [1.807, 2.05) is 34.9 Å². The van der Waals surface area contributed by atoms with E-state index < -0.39 is 0 Å². The Bertz CT molecular complexity index is 692.